The number of nitrogens with zero attached hydrogens (tertiary/aromatic N) is 2. The molecule has 2 aromatic rings. The molecule has 33 heavy (non-hydrogen) atoms. The molecule has 2 rings (SSSR count). The van der Waals surface area contributed by atoms with E-state index in [2.05, 4.69) is 25.9 Å². The molecule has 0 saturated carbocycles. The highest BCUT2D eigenvalue weighted by atomic mass is 127. The van der Waals surface area contributed by atoms with Gasteiger partial charge in [0.2, 0.25) is 5.91 Å². The summed E-state index contributed by atoms with van der Waals surface area (Å²) in [4.78, 5) is 20.9. The summed E-state index contributed by atoms with van der Waals surface area (Å²) in [5.41, 5.74) is 2.09. The average molecular weight is 569 g/mol. The molecule has 0 radical (unpaired) electrons. The Kier molecular flexibility index (Phi) is 13.2. The van der Waals surface area contributed by atoms with E-state index < -0.39 is 0 Å². The van der Waals surface area contributed by atoms with Gasteiger partial charge in [0.25, 0.3) is 0 Å². The van der Waals surface area contributed by atoms with Gasteiger partial charge in [0.15, 0.2) is 17.5 Å². The van der Waals surface area contributed by atoms with Crippen molar-refractivity contribution in [1.82, 2.24) is 15.6 Å². The van der Waals surface area contributed by atoms with E-state index in [1.165, 1.54) is 0 Å². The molecule has 9 heteroatoms. The van der Waals surface area contributed by atoms with Gasteiger partial charge in [-0.15, -0.1) is 24.0 Å². The van der Waals surface area contributed by atoms with E-state index in [1.54, 1.807) is 12.3 Å². The predicted molar refractivity (Wildman–Crippen MR) is 144 cm³/mol. The van der Waals surface area contributed by atoms with Gasteiger partial charge in [-0.2, -0.15) is 0 Å². The Morgan fingerprint density at radius 3 is 2.45 bits per heavy atom. The van der Waals surface area contributed by atoms with Gasteiger partial charge in [-0.3, -0.25) is 9.79 Å². The lowest BCUT2D eigenvalue weighted by molar-refractivity contribution is -0.116. The molecule has 0 aliphatic carbocycles. The number of guanidine groups is 1. The van der Waals surface area contributed by atoms with Gasteiger partial charge in [0.05, 0.1) is 25.8 Å². The van der Waals surface area contributed by atoms with Gasteiger partial charge in [0.1, 0.15) is 5.82 Å². The van der Waals surface area contributed by atoms with E-state index in [4.69, 9.17) is 9.47 Å². The van der Waals surface area contributed by atoms with E-state index in [0.717, 1.165) is 22.6 Å². The maximum atomic E-state index is 12.2. The largest absolute Gasteiger partial charge is 0.490 e. The number of aryl methyl sites for hydroxylation is 1. The molecule has 8 nitrogen and oxygen atoms in total. The summed E-state index contributed by atoms with van der Waals surface area (Å²) in [5.74, 6) is 2.53. The highest BCUT2D eigenvalue weighted by Crippen LogP contribution is 2.30. The molecule has 3 N–H and O–H groups in total. The molecule has 1 atom stereocenters. The smallest absolute Gasteiger partial charge is 0.227 e. The van der Waals surface area contributed by atoms with Crippen molar-refractivity contribution in [2.45, 2.75) is 47.1 Å². The molecule has 1 heterocycles. The monoisotopic (exact) mass is 569 g/mol. The summed E-state index contributed by atoms with van der Waals surface area (Å²) in [6.07, 6.45) is 1.98. The number of carbonyl (C=O) groups is 1. The number of hydrogen-bond donors (Lipinski definition) is 3. The Balaban J connectivity index is 0.00000544. The molecule has 1 unspecified atom stereocenters. The Morgan fingerprint density at radius 1 is 1.09 bits per heavy atom. The Bertz CT molecular complexity index is 890. The zero-order valence-electron chi connectivity index (χ0n) is 20.1. The predicted octanol–water partition coefficient (Wildman–Crippen LogP) is 4.45. The van der Waals surface area contributed by atoms with Gasteiger partial charge in [-0.05, 0) is 63.9 Å². The molecule has 0 bridgehead atoms. The average Bonchev–Trinajstić information content (AvgIpc) is 2.77. The maximum absolute atomic E-state index is 12.2. The third-order valence-electron chi connectivity index (χ3n) is 4.55. The zero-order valence-corrected chi connectivity index (χ0v) is 22.4. The number of amides is 1. The van der Waals surface area contributed by atoms with Crippen LogP contribution in [0.4, 0.5) is 5.82 Å². The number of pyridine rings is 1. The fraction of sp³-hybridized carbons (Fsp3) is 0.458. The van der Waals surface area contributed by atoms with E-state index in [0.29, 0.717) is 38.1 Å². The molecule has 0 aliphatic heterocycles. The third-order valence-corrected chi connectivity index (χ3v) is 4.55. The zero-order chi connectivity index (χ0) is 23.3. The number of halogens is 1. The SMILES string of the molecule is CCNC(=NCCC(=O)Nc1ccc(C)cn1)NC(C)c1ccc(OCC)c(OCC)c1.I. The van der Waals surface area contributed by atoms with E-state index in [1.807, 2.05) is 58.9 Å². The lowest BCUT2D eigenvalue weighted by atomic mass is 10.1. The second-order valence-corrected chi connectivity index (χ2v) is 7.22. The van der Waals surface area contributed by atoms with Gasteiger partial charge < -0.3 is 25.4 Å². The fourth-order valence-corrected chi connectivity index (χ4v) is 2.96. The fourth-order valence-electron chi connectivity index (χ4n) is 2.96. The number of benzene rings is 1. The van der Waals surface area contributed by atoms with Crippen LogP contribution in [0, 0.1) is 6.92 Å². The molecular weight excluding hydrogens is 533 g/mol. The highest BCUT2D eigenvalue weighted by Gasteiger charge is 2.13. The second-order valence-electron chi connectivity index (χ2n) is 7.22. The topological polar surface area (TPSA) is 96.9 Å². The molecule has 182 valence electrons. The van der Waals surface area contributed by atoms with Crippen molar-refractivity contribution < 1.29 is 14.3 Å². The molecule has 1 amide bonds. The number of aliphatic imine (C=N–C) groups is 1. The van der Waals surface area contributed by atoms with E-state index in [9.17, 15) is 4.79 Å². The van der Waals surface area contributed by atoms with Crippen LogP contribution in [0.1, 0.15) is 51.3 Å². The van der Waals surface area contributed by atoms with Crippen LogP contribution in [0.15, 0.2) is 41.5 Å². The van der Waals surface area contributed by atoms with Crippen LogP contribution in [0.2, 0.25) is 0 Å². The highest BCUT2D eigenvalue weighted by molar-refractivity contribution is 14.0. The molecule has 0 aliphatic rings. The first-order valence-electron chi connectivity index (χ1n) is 11.1. The minimum atomic E-state index is -0.123. The summed E-state index contributed by atoms with van der Waals surface area (Å²) in [7, 11) is 0. The van der Waals surface area contributed by atoms with Crippen LogP contribution in [0.25, 0.3) is 0 Å². The van der Waals surface area contributed by atoms with Crippen LogP contribution in [0.3, 0.4) is 0 Å². The number of anilines is 1. The molecule has 1 aromatic heterocycles. The summed E-state index contributed by atoms with van der Waals surface area (Å²) in [5, 5.41) is 9.40. The number of rotatable bonds is 11. The Morgan fingerprint density at radius 2 is 1.82 bits per heavy atom. The first-order valence-corrected chi connectivity index (χ1v) is 11.1. The van der Waals surface area contributed by atoms with Crippen molar-refractivity contribution in [3.8, 4) is 11.5 Å². The van der Waals surface area contributed by atoms with Crippen molar-refractivity contribution >= 4 is 41.7 Å². The first-order chi connectivity index (χ1) is 15.5. The van der Waals surface area contributed by atoms with Gasteiger partial charge in [-0.25, -0.2) is 4.98 Å². The maximum Gasteiger partial charge on any atom is 0.227 e. The molecule has 1 aromatic carbocycles. The summed E-state index contributed by atoms with van der Waals surface area (Å²) in [6, 6.07) is 9.60. The van der Waals surface area contributed by atoms with Crippen molar-refractivity contribution in [2.24, 2.45) is 4.99 Å². The Hall–Kier alpha value is -2.56. The van der Waals surface area contributed by atoms with Crippen molar-refractivity contribution in [3.05, 3.63) is 47.7 Å². The summed E-state index contributed by atoms with van der Waals surface area (Å²) in [6.45, 7) is 12.1. The summed E-state index contributed by atoms with van der Waals surface area (Å²) >= 11 is 0. The van der Waals surface area contributed by atoms with Gasteiger partial charge >= 0.3 is 0 Å². The van der Waals surface area contributed by atoms with E-state index in [-0.39, 0.29) is 42.3 Å². The van der Waals surface area contributed by atoms with Crippen LogP contribution < -0.4 is 25.4 Å². The van der Waals surface area contributed by atoms with Crippen LogP contribution in [-0.2, 0) is 4.79 Å². The quantitative estimate of drug-likeness (QED) is 0.210. The number of aromatic nitrogens is 1. The number of hydrogen-bond acceptors (Lipinski definition) is 5. The number of carbonyl (C=O) groups excluding carboxylic acids is 1. The minimum Gasteiger partial charge on any atom is -0.490 e. The lowest BCUT2D eigenvalue weighted by Crippen LogP contribution is -2.39. The number of ether oxygens (including phenoxy) is 2. The first kappa shape index (κ1) is 28.5. The van der Waals surface area contributed by atoms with Gasteiger partial charge in [0, 0.05) is 19.2 Å². The van der Waals surface area contributed by atoms with E-state index >= 15 is 0 Å². The van der Waals surface area contributed by atoms with Gasteiger partial charge in [-0.1, -0.05) is 12.1 Å². The lowest BCUT2D eigenvalue weighted by Gasteiger charge is -2.20. The van der Waals surface area contributed by atoms with Crippen molar-refractivity contribution in [3.63, 3.8) is 0 Å². The van der Waals surface area contributed by atoms with Crippen LogP contribution in [0.5, 0.6) is 11.5 Å². The standard InChI is InChI=1S/C24H35N5O3.HI/c1-6-25-24(26-14-13-23(30)29-22-12-9-17(4)16-27-22)28-18(5)19-10-11-20(31-7-2)21(15-19)32-8-3;/h9-12,15-16,18H,6-8,13-14H2,1-5H3,(H2,25,26,28)(H,27,29,30);1H. The molecule has 0 spiro atoms. The molecule has 0 saturated heterocycles. The molecule has 0 fully saturated rings. The Labute approximate surface area is 214 Å². The normalized spacial score (nSPS) is 11.7. The third kappa shape index (κ3) is 9.85. The number of nitrogens with one attached hydrogen (secondary N) is 3. The van der Waals surface area contributed by atoms with Crippen LogP contribution >= 0.6 is 24.0 Å². The van der Waals surface area contributed by atoms with Crippen molar-refractivity contribution in [2.75, 3.05) is 31.6 Å². The molecular formula is C24H36IN5O3. The second kappa shape index (κ2) is 15.3. The summed E-state index contributed by atoms with van der Waals surface area (Å²) < 4.78 is 11.4. The van der Waals surface area contributed by atoms with Crippen LogP contribution in [-0.4, -0.2) is 43.2 Å². The minimum absolute atomic E-state index is 0. The van der Waals surface area contributed by atoms with Crippen molar-refractivity contribution in [1.29, 1.82) is 0 Å².